The van der Waals surface area contributed by atoms with Crippen molar-refractivity contribution >= 4 is 5.91 Å². The molecule has 1 aromatic carbocycles. The average Bonchev–Trinajstić information content (AvgIpc) is 2.77. The molecule has 0 spiro atoms. The van der Waals surface area contributed by atoms with Gasteiger partial charge in [-0.25, -0.2) is 4.79 Å². The van der Waals surface area contributed by atoms with E-state index < -0.39 is 0 Å². The number of aromatic nitrogens is 2. The first kappa shape index (κ1) is 13.7. The van der Waals surface area contributed by atoms with Gasteiger partial charge in [0.15, 0.2) is 0 Å². The smallest absolute Gasteiger partial charge is 0.330 e. The summed E-state index contributed by atoms with van der Waals surface area (Å²) in [6.45, 7) is 1.65. The maximum atomic E-state index is 12.6. The van der Waals surface area contributed by atoms with E-state index in [0.29, 0.717) is 11.3 Å². The fourth-order valence-electron chi connectivity index (χ4n) is 2.77. The fourth-order valence-corrected chi connectivity index (χ4v) is 2.77. The van der Waals surface area contributed by atoms with Crippen LogP contribution in [0.2, 0.25) is 0 Å². The average molecular weight is 285 g/mol. The zero-order valence-electron chi connectivity index (χ0n) is 11.9. The van der Waals surface area contributed by atoms with E-state index in [0.717, 1.165) is 25.9 Å². The number of likely N-dealkylation sites (tertiary alicyclic amines) is 1. The van der Waals surface area contributed by atoms with Crippen molar-refractivity contribution in [3.05, 3.63) is 52.7 Å². The molecular formula is C16H19N3O2. The second-order valence-electron chi connectivity index (χ2n) is 5.39. The van der Waals surface area contributed by atoms with E-state index >= 15 is 0 Å². The SMILES string of the molecule is O=C(c1cccc(-n2cc[nH]c2=O)c1)N1CCCCCC1. The summed E-state index contributed by atoms with van der Waals surface area (Å²) >= 11 is 0. The molecule has 1 amide bonds. The van der Waals surface area contributed by atoms with Crippen LogP contribution >= 0.6 is 0 Å². The zero-order chi connectivity index (χ0) is 14.7. The Hall–Kier alpha value is -2.30. The van der Waals surface area contributed by atoms with Crippen molar-refractivity contribution in [3.8, 4) is 5.69 Å². The summed E-state index contributed by atoms with van der Waals surface area (Å²) in [5.41, 5.74) is 1.15. The number of aromatic amines is 1. The van der Waals surface area contributed by atoms with E-state index in [1.54, 1.807) is 18.5 Å². The summed E-state index contributed by atoms with van der Waals surface area (Å²) in [6, 6.07) is 7.24. The Morgan fingerprint density at radius 2 is 1.86 bits per heavy atom. The largest absolute Gasteiger partial charge is 0.339 e. The molecule has 1 fully saturated rings. The van der Waals surface area contributed by atoms with Crippen molar-refractivity contribution in [1.82, 2.24) is 14.5 Å². The highest BCUT2D eigenvalue weighted by Gasteiger charge is 2.17. The molecule has 110 valence electrons. The van der Waals surface area contributed by atoms with Crippen molar-refractivity contribution in [2.24, 2.45) is 0 Å². The number of rotatable bonds is 2. The molecule has 0 atom stereocenters. The summed E-state index contributed by atoms with van der Waals surface area (Å²) in [5.74, 6) is 0.0577. The van der Waals surface area contributed by atoms with Gasteiger partial charge in [0.1, 0.15) is 0 Å². The molecule has 3 rings (SSSR count). The second kappa shape index (κ2) is 5.99. The molecule has 1 saturated heterocycles. The van der Waals surface area contributed by atoms with Crippen LogP contribution in [0.1, 0.15) is 36.0 Å². The third-order valence-corrected chi connectivity index (χ3v) is 3.91. The van der Waals surface area contributed by atoms with Crippen LogP contribution in [-0.2, 0) is 0 Å². The first-order valence-electron chi connectivity index (χ1n) is 7.41. The first-order chi connectivity index (χ1) is 10.3. The monoisotopic (exact) mass is 285 g/mol. The molecule has 21 heavy (non-hydrogen) atoms. The number of carbonyl (C=O) groups excluding carboxylic acids is 1. The summed E-state index contributed by atoms with van der Waals surface area (Å²) in [6.07, 6.45) is 7.79. The first-order valence-corrected chi connectivity index (χ1v) is 7.41. The molecular weight excluding hydrogens is 266 g/mol. The molecule has 1 N–H and O–H groups in total. The number of H-pyrrole nitrogens is 1. The molecule has 0 radical (unpaired) electrons. The van der Waals surface area contributed by atoms with Crippen molar-refractivity contribution in [1.29, 1.82) is 0 Å². The lowest BCUT2D eigenvalue weighted by Crippen LogP contribution is -2.31. The minimum Gasteiger partial charge on any atom is -0.339 e. The van der Waals surface area contributed by atoms with E-state index in [-0.39, 0.29) is 11.6 Å². The number of imidazole rings is 1. The van der Waals surface area contributed by atoms with Gasteiger partial charge >= 0.3 is 5.69 Å². The number of carbonyl (C=O) groups is 1. The van der Waals surface area contributed by atoms with Crippen LogP contribution in [0.5, 0.6) is 0 Å². The van der Waals surface area contributed by atoms with Crippen LogP contribution in [0, 0.1) is 0 Å². The Morgan fingerprint density at radius 1 is 1.10 bits per heavy atom. The number of hydrogen-bond acceptors (Lipinski definition) is 2. The van der Waals surface area contributed by atoms with Gasteiger partial charge < -0.3 is 9.88 Å². The van der Waals surface area contributed by atoms with Crippen LogP contribution in [0.15, 0.2) is 41.5 Å². The molecule has 5 heteroatoms. The quantitative estimate of drug-likeness (QED) is 0.919. The van der Waals surface area contributed by atoms with Gasteiger partial charge in [-0.05, 0) is 31.0 Å². The number of amides is 1. The second-order valence-corrected chi connectivity index (χ2v) is 5.39. The summed E-state index contributed by atoms with van der Waals surface area (Å²) < 4.78 is 1.50. The lowest BCUT2D eigenvalue weighted by atomic mass is 10.1. The van der Waals surface area contributed by atoms with Crippen LogP contribution in [0.25, 0.3) is 5.69 Å². The normalized spacial score (nSPS) is 15.7. The van der Waals surface area contributed by atoms with E-state index in [1.807, 2.05) is 23.1 Å². The maximum Gasteiger partial charge on any atom is 0.330 e. The van der Waals surface area contributed by atoms with Gasteiger partial charge in [0, 0.05) is 31.0 Å². The zero-order valence-corrected chi connectivity index (χ0v) is 11.9. The molecule has 2 heterocycles. The van der Waals surface area contributed by atoms with Gasteiger partial charge in [-0.3, -0.25) is 9.36 Å². The molecule has 0 saturated carbocycles. The number of hydrogen-bond donors (Lipinski definition) is 1. The standard InChI is InChI=1S/C16H19N3O2/c20-15(18-9-3-1-2-4-10-18)13-6-5-7-14(12-13)19-11-8-17-16(19)21/h5-8,11-12H,1-4,9-10H2,(H,17,21). The van der Waals surface area contributed by atoms with Crippen LogP contribution < -0.4 is 5.69 Å². The molecule has 0 aliphatic carbocycles. The van der Waals surface area contributed by atoms with Gasteiger partial charge in [0.25, 0.3) is 5.91 Å². The molecule has 0 unspecified atom stereocenters. The van der Waals surface area contributed by atoms with Crippen LogP contribution in [-0.4, -0.2) is 33.4 Å². The van der Waals surface area contributed by atoms with Gasteiger partial charge in [0.05, 0.1) is 5.69 Å². The Morgan fingerprint density at radius 3 is 2.52 bits per heavy atom. The van der Waals surface area contributed by atoms with E-state index in [2.05, 4.69) is 4.98 Å². The highest BCUT2D eigenvalue weighted by atomic mass is 16.2. The topological polar surface area (TPSA) is 58.1 Å². The number of nitrogens with one attached hydrogen (secondary N) is 1. The van der Waals surface area contributed by atoms with Crippen molar-refractivity contribution in [2.75, 3.05) is 13.1 Å². The summed E-state index contributed by atoms with van der Waals surface area (Å²) in [4.78, 5) is 28.8. The molecule has 5 nitrogen and oxygen atoms in total. The highest BCUT2D eigenvalue weighted by molar-refractivity contribution is 5.94. The van der Waals surface area contributed by atoms with Gasteiger partial charge in [-0.1, -0.05) is 18.9 Å². The number of benzene rings is 1. The van der Waals surface area contributed by atoms with Crippen molar-refractivity contribution < 1.29 is 4.79 Å². The third-order valence-electron chi connectivity index (χ3n) is 3.91. The van der Waals surface area contributed by atoms with E-state index in [1.165, 1.54) is 17.4 Å². The van der Waals surface area contributed by atoms with E-state index in [9.17, 15) is 9.59 Å². The predicted octanol–water partition coefficient (Wildman–Crippen LogP) is 2.18. The molecule has 0 bridgehead atoms. The Bertz CT molecular complexity index is 679. The predicted molar refractivity (Wildman–Crippen MR) is 80.8 cm³/mol. The fraction of sp³-hybridized carbons (Fsp3) is 0.375. The summed E-state index contributed by atoms with van der Waals surface area (Å²) in [5, 5.41) is 0. The molecule has 1 aliphatic rings. The van der Waals surface area contributed by atoms with Crippen molar-refractivity contribution in [3.63, 3.8) is 0 Å². The number of nitrogens with zero attached hydrogens (tertiary/aromatic N) is 2. The minimum absolute atomic E-state index is 0.0577. The molecule has 1 aliphatic heterocycles. The lowest BCUT2D eigenvalue weighted by molar-refractivity contribution is 0.0761. The third kappa shape index (κ3) is 2.91. The van der Waals surface area contributed by atoms with Gasteiger partial charge in [-0.15, -0.1) is 0 Å². The summed E-state index contributed by atoms with van der Waals surface area (Å²) in [7, 11) is 0. The Kier molecular flexibility index (Phi) is 3.90. The van der Waals surface area contributed by atoms with Crippen LogP contribution in [0.4, 0.5) is 0 Å². The van der Waals surface area contributed by atoms with E-state index in [4.69, 9.17) is 0 Å². The van der Waals surface area contributed by atoms with Gasteiger partial charge in [-0.2, -0.15) is 0 Å². The lowest BCUT2D eigenvalue weighted by Gasteiger charge is -2.20. The molecule has 2 aromatic rings. The highest BCUT2D eigenvalue weighted by Crippen LogP contribution is 2.15. The van der Waals surface area contributed by atoms with Crippen molar-refractivity contribution in [2.45, 2.75) is 25.7 Å². The Balaban J connectivity index is 1.87. The molecule has 1 aromatic heterocycles. The van der Waals surface area contributed by atoms with Gasteiger partial charge in [0.2, 0.25) is 0 Å². The maximum absolute atomic E-state index is 12.6. The Labute approximate surface area is 123 Å². The van der Waals surface area contributed by atoms with Crippen LogP contribution in [0.3, 0.4) is 0 Å². The minimum atomic E-state index is -0.200.